The molecule has 10 heteroatoms. The maximum Gasteiger partial charge on any atom is 0.296 e. The zero-order valence-electron chi connectivity index (χ0n) is 12.8. The Labute approximate surface area is 156 Å². The standard InChI is InChI=1S/C15H14Cl2O6S2/c16-12-2-6-14(7-3-12)24(18,19)22-10-1-11-23-25(20,21)15-8-4-13(17)5-9-15/h2-9H,1,10-11H2. The molecule has 0 saturated carbocycles. The van der Waals surface area contributed by atoms with E-state index in [4.69, 9.17) is 31.6 Å². The molecule has 2 aromatic carbocycles. The van der Waals surface area contributed by atoms with Gasteiger partial charge in [0, 0.05) is 10.0 Å². The first-order chi connectivity index (χ1) is 11.7. The molecule has 0 N–H and O–H groups in total. The molecule has 0 unspecified atom stereocenters. The molecule has 0 amide bonds. The van der Waals surface area contributed by atoms with Gasteiger partial charge in [-0.25, -0.2) is 0 Å². The molecule has 0 aliphatic carbocycles. The Hall–Kier alpha value is -1.16. The molecule has 0 radical (unpaired) electrons. The highest BCUT2D eigenvalue weighted by atomic mass is 35.5. The van der Waals surface area contributed by atoms with Gasteiger partial charge in [-0.15, -0.1) is 0 Å². The lowest BCUT2D eigenvalue weighted by Gasteiger charge is -2.07. The molecule has 6 nitrogen and oxygen atoms in total. The fourth-order valence-electron chi connectivity index (χ4n) is 1.73. The average Bonchev–Trinajstić information content (AvgIpc) is 2.55. The third-order valence-electron chi connectivity index (χ3n) is 2.97. The molecule has 25 heavy (non-hydrogen) atoms. The van der Waals surface area contributed by atoms with Gasteiger partial charge in [0.1, 0.15) is 0 Å². The molecule has 0 spiro atoms. The summed E-state index contributed by atoms with van der Waals surface area (Å²) in [6.07, 6.45) is 0.0691. The molecular formula is C15H14Cl2O6S2. The van der Waals surface area contributed by atoms with Crippen molar-refractivity contribution in [2.24, 2.45) is 0 Å². The van der Waals surface area contributed by atoms with E-state index in [1.165, 1.54) is 48.5 Å². The smallest absolute Gasteiger partial charge is 0.266 e. The number of rotatable bonds is 8. The average molecular weight is 425 g/mol. The van der Waals surface area contributed by atoms with Crippen LogP contribution in [0.1, 0.15) is 6.42 Å². The van der Waals surface area contributed by atoms with Gasteiger partial charge in [0.05, 0.1) is 23.0 Å². The number of benzene rings is 2. The SMILES string of the molecule is O=S(=O)(OCCCOS(=O)(=O)c1ccc(Cl)cc1)c1ccc(Cl)cc1. The molecule has 0 aliphatic heterocycles. The predicted molar refractivity (Wildman–Crippen MR) is 93.8 cm³/mol. The van der Waals surface area contributed by atoms with Crippen molar-refractivity contribution in [1.29, 1.82) is 0 Å². The normalized spacial score (nSPS) is 12.2. The Bertz CT molecular complexity index is 830. The van der Waals surface area contributed by atoms with E-state index in [0.29, 0.717) is 10.0 Å². The fraction of sp³-hybridized carbons (Fsp3) is 0.200. The summed E-state index contributed by atoms with van der Waals surface area (Å²) in [5.74, 6) is 0. The van der Waals surface area contributed by atoms with Crippen LogP contribution in [0.2, 0.25) is 10.0 Å². The van der Waals surface area contributed by atoms with Crippen molar-refractivity contribution in [2.45, 2.75) is 16.2 Å². The predicted octanol–water partition coefficient (Wildman–Crippen LogP) is 3.49. The summed E-state index contributed by atoms with van der Waals surface area (Å²) in [5.41, 5.74) is 0. The third kappa shape index (κ3) is 5.95. The van der Waals surface area contributed by atoms with Gasteiger partial charge in [-0.1, -0.05) is 23.2 Å². The first-order valence-corrected chi connectivity index (χ1v) is 10.6. The molecular weight excluding hydrogens is 411 g/mol. The van der Waals surface area contributed by atoms with Crippen LogP contribution in [-0.2, 0) is 28.6 Å². The lowest BCUT2D eigenvalue weighted by Crippen LogP contribution is -2.12. The number of hydrogen-bond acceptors (Lipinski definition) is 6. The first kappa shape index (κ1) is 20.2. The van der Waals surface area contributed by atoms with Crippen LogP contribution in [0.3, 0.4) is 0 Å². The quantitative estimate of drug-likeness (QED) is 0.475. The number of hydrogen-bond donors (Lipinski definition) is 0. The van der Waals surface area contributed by atoms with Gasteiger partial charge < -0.3 is 0 Å². The third-order valence-corrected chi connectivity index (χ3v) is 6.13. The molecule has 0 heterocycles. The van der Waals surface area contributed by atoms with Crippen LogP contribution in [0.15, 0.2) is 58.3 Å². The van der Waals surface area contributed by atoms with Crippen LogP contribution in [0.5, 0.6) is 0 Å². The molecule has 136 valence electrons. The van der Waals surface area contributed by atoms with Crippen LogP contribution in [0.4, 0.5) is 0 Å². The second kappa shape index (κ2) is 8.48. The molecule has 0 bridgehead atoms. The van der Waals surface area contributed by atoms with Gasteiger partial charge in [-0.2, -0.15) is 16.8 Å². The zero-order valence-corrected chi connectivity index (χ0v) is 15.9. The summed E-state index contributed by atoms with van der Waals surface area (Å²) >= 11 is 11.4. The fourth-order valence-corrected chi connectivity index (χ4v) is 3.87. The highest BCUT2D eigenvalue weighted by Gasteiger charge is 2.17. The largest absolute Gasteiger partial charge is 0.296 e. The van der Waals surface area contributed by atoms with Crippen LogP contribution in [-0.4, -0.2) is 30.0 Å². The van der Waals surface area contributed by atoms with Gasteiger partial charge in [0.25, 0.3) is 20.2 Å². The van der Waals surface area contributed by atoms with Gasteiger partial charge in [-0.05, 0) is 55.0 Å². The van der Waals surface area contributed by atoms with E-state index in [-0.39, 0.29) is 29.4 Å². The lowest BCUT2D eigenvalue weighted by atomic mass is 10.4. The summed E-state index contributed by atoms with van der Waals surface area (Å²) in [6.45, 7) is -0.442. The molecule has 0 fully saturated rings. The summed E-state index contributed by atoms with van der Waals surface area (Å²) < 4.78 is 57.3. The van der Waals surface area contributed by atoms with Crippen molar-refractivity contribution in [1.82, 2.24) is 0 Å². The highest BCUT2D eigenvalue weighted by Crippen LogP contribution is 2.18. The van der Waals surface area contributed by atoms with Crippen LogP contribution in [0, 0.1) is 0 Å². The monoisotopic (exact) mass is 424 g/mol. The van der Waals surface area contributed by atoms with Gasteiger partial charge >= 0.3 is 0 Å². The van der Waals surface area contributed by atoms with E-state index in [1.807, 2.05) is 0 Å². The van der Waals surface area contributed by atoms with Crippen LogP contribution in [0.25, 0.3) is 0 Å². The Morgan fingerprint density at radius 1 is 0.640 bits per heavy atom. The van der Waals surface area contributed by atoms with E-state index in [2.05, 4.69) is 0 Å². The van der Waals surface area contributed by atoms with E-state index in [9.17, 15) is 16.8 Å². The number of halogens is 2. The minimum Gasteiger partial charge on any atom is -0.266 e. The van der Waals surface area contributed by atoms with Crippen molar-refractivity contribution in [2.75, 3.05) is 13.2 Å². The van der Waals surface area contributed by atoms with Crippen molar-refractivity contribution in [3.05, 3.63) is 58.6 Å². The Balaban J connectivity index is 1.83. The Morgan fingerprint density at radius 3 is 1.28 bits per heavy atom. The Morgan fingerprint density at radius 2 is 0.960 bits per heavy atom. The summed E-state index contributed by atoms with van der Waals surface area (Å²) in [6, 6.07) is 11.0. The second-order valence-corrected chi connectivity index (χ2v) is 8.92. The van der Waals surface area contributed by atoms with Crippen molar-refractivity contribution < 1.29 is 25.2 Å². The van der Waals surface area contributed by atoms with E-state index in [0.717, 1.165) is 0 Å². The Kier molecular flexibility index (Phi) is 6.84. The topological polar surface area (TPSA) is 86.7 Å². The zero-order chi connectivity index (χ0) is 18.5. The molecule has 0 aliphatic rings. The van der Waals surface area contributed by atoms with E-state index >= 15 is 0 Å². The highest BCUT2D eigenvalue weighted by molar-refractivity contribution is 7.87. The second-order valence-electron chi connectivity index (χ2n) is 4.81. The van der Waals surface area contributed by atoms with Gasteiger partial charge in [-0.3, -0.25) is 8.37 Å². The summed E-state index contributed by atoms with van der Waals surface area (Å²) in [5, 5.41) is 0.805. The minimum atomic E-state index is -3.93. The molecule has 0 atom stereocenters. The van der Waals surface area contributed by atoms with Crippen molar-refractivity contribution in [3.8, 4) is 0 Å². The van der Waals surface area contributed by atoms with Crippen LogP contribution < -0.4 is 0 Å². The minimum absolute atomic E-state index is 0.0356. The van der Waals surface area contributed by atoms with E-state index in [1.54, 1.807) is 0 Å². The van der Waals surface area contributed by atoms with Gasteiger partial charge in [0.2, 0.25) is 0 Å². The maximum atomic E-state index is 11.9. The molecule has 2 aromatic rings. The van der Waals surface area contributed by atoms with Crippen molar-refractivity contribution >= 4 is 43.4 Å². The molecule has 0 aromatic heterocycles. The summed E-state index contributed by atoms with van der Waals surface area (Å²) in [4.78, 5) is -0.0711. The lowest BCUT2D eigenvalue weighted by molar-refractivity contribution is 0.254. The first-order valence-electron chi connectivity index (χ1n) is 7.01. The van der Waals surface area contributed by atoms with Crippen LogP contribution >= 0.6 is 23.2 Å². The maximum absolute atomic E-state index is 11.9. The molecule has 0 saturated heterocycles. The van der Waals surface area contributed by atoms with Crippen molar-refractivity contribution in [3.63, 3.8) is 0 Å². The van der Waals surface area contributed by atoms with E-state index < -0.39 is 20.2 Å². The molecule has 2 rings (SSSR count). The summed E-state index contributed by atoms with van der Waals surface area (Å²) in [7, 11) is -7.86. The van der Waals surface area contributed by atoms with Gasteiger partial charge in [0.15, 0.2) is 0 Å².